The van der Waals surface area contributed by atoms with Gasteiger partial charge in [-0.05, 0) is 36.5 Å². The third-order valence-electron chi connectivity index (χ3n) is 3.46. The SMILES string of the molecule is CCN(Cc1cccs1)C(c1ccccc1Br)C(C)N. The number of benzene rings is 1. The van der Waals surface area contributed by atoms with Crippen LogP contribution in [0.3, 0.4) is 0 Å². The summed E-state index contributed by atoms with van der Waals surface area (Å²) in [6.45, 7) is 6.20. The minimum atomic E-state index is 0.0774. The van der Waals surface area contributed by atoms with Crippen LogP contribution >= 0.6 is 27.3 Å². The largest absolute Gasteiger partial charge is 0.326 e. The fourth-order valence-electron chi connectivity index (χ4n) is 2.54. The van der Waals surface area contributed by atoms with Gasteiger partial charge in [0, 0.05) is 21.9 Å². The molecule has 0 spiro atoms. The molecule has 2 N–H and O–H groups in total. The molecule has 2 atom stereocenters. The predicted molar refractivity (Wildman–Crippen MR) is 90.9 cm³/mol. The van der Waals surface area contributed by atoms with Crippen LogP contribution in [-0.4, -0.2) is 17.5 Å². The highest BCUT2D eigenvalue weighted by atomic mass is 79.9. The van der Waals surface area contributed by atoms with Gasteiger partial charge in [-0.1, -0.05) is 47.1 Å². The van der Waals surface area contributed by atoms with E-state index in [1.54, 1.807) is 11.3 Å². The average molecular weight is 353 g/mol. The standard InChI is InChI=1S/C16H21BrN2S/c1-3-19(11-13-7-6-10-20-13)16(12(2)18)14-8-4-5-9-15(14)17/h4-10,12,16H,3,11,18H2,1-2H3. The van der Waals surface area contributed by atoms with Crippen molar-refractivity contribution in [2.24, 2.45) is 5.73 Å². The third kappa shape index (κ3) is 3.70. The highest BCUT2D eigenvalue weighted by Crippen LogP contribution is 2.31. The molecule has 0 aliphatic rings. The molecule has 1 heterocycles. The van der Waals surface area contributed by atoms with Crippen molar-refractivity contribution >= 4 is 27.3 Å². The molecule has 2 nitrogen and oxygen atoms in total. The zero-order chi connectivity index (χ0) is 14.5. The number of hydrogen-bond donors (Lipinski definition) is 1. The Morgan fingerprint density at radius 2 is 2.00 bits per heavy atom. The van der Waals surface area contributed by atoms with Crippen LogP contribution in [0.2, 0.25) is 0 Å². The lowest BCUT2D eigenvalue weighted by Gasteiger charge is -2.34. The van der Waals surface area contributed by atoms with E-state index in [1.165, 1.54) is 10.4 Å². The number of thiophene rings is 1. The highest BCUT2D eigenvalue weighted by molar-refractivity contribution is 9.10. The Bertz CT molecular complexity index is 525. The molecule has 1 aromatic heterocycles. The smallest absolute Gasteiger partial charge is 0.0511 e. The molecule has 2 aromatic rings. The van der Waals surface area contributed by atoms with E-state index in [1.807, 2.05) is 6.07 Å². The molecule has 2 unspecified atom stereocenters. The van der Waals surface area contributed by atoms with Crippen LogP contribution in [0, 0.1) is 0 Å². The van der Waals surface area contributed by atoms with Gasteiger partial charge < -0.3 is 5.73 Å². The summed E-state index contributed by atoms with van der Waals surface area (Å²) in [5, 5.41) is 2.13. The van der Waals surface area contributed by atoms with Gasteiger partial charge in [-0.3, -0.25) is 4.90 Å². The Balaban J connectivity index is 2.29. The van der Waals surface area contributed by atoms with Crippen molar-refractivity contribution < 1.29 is 0 Å². The minimum absolute atomic E-state index is 0.0774. The van der Waals surface area contributed by atoms with Crippen molar-refractivity contribution in [3.05, 3.63) is 56.7 Å². The van der Waals surface area contributed by atoms with Gasteiger partial charge in [0.2, 0.25) is 0 Å². The maximum atomic E-state index is 6.28. The molecule has 0 aliphatic heterocycles. The Hall–Kier alpha value is -0.680. The van der Waals surface area contributed by atoms with Crippen molar-refractivity contribution in [1.82, 2.24) is 4.90 Å². The number of nitrogens with two attached hydrogens (primary N) is 1. The fourth-order valence-corrected chi connectivity index (χ4v) is 3.79. The molecule has 2 rings (SSSR count). The van der Waals surface area contributed by atoms with Crippen molar-refractivity contribution in [3.63, 3.8) is 0 Å². The molecule has 0 amide bonds. The molecule has 1 aromatic carbocycles. The summed E-state index contributed by atoms with van der Waals surface area (Å²) in [7, 11) is 0. The first-order valence-corrected chi connectivity index (χ1v) is 8.57. The van der Waals surface area contributed by atoms with Gasteiger partial charge in [0.15, 0.2) is 0 Å². The van der Waals surface area contributed by atoms with E-state index in [-0.39, 0.29) is 12.1 Å². The second-order valence-corrected chi connectivity index (χ2v) is 6.85. The first-order chi connectivity index (χ1) is 9.63. The van der Waals surface area contributed by atoms with Gasteiger partial charge in [-0.25, -0.2) is 0 Å². The van der Waals surface area contributed by atoms with E-state index in [0.717, 1.165) is 17.6 Å². The third-order valence-corrected chi connectivity index (χ3v) is 5.04. The van der Waals surface area contributed by atoms with E-state index >= 15 is 0 Å². The van der Waals surface area contributed by atoms with Crippen LogP contribution in [0.1, 0.15) is 30.3 Å². The highest BCUT2D eigenvalue weighted by Gasteiger charge is 2.25. The van der Waals surface area contributed by atoms with E-state index in [9.17, 15) is 0 Å². The van der Waals surface area contributed by atoms with E-state index in [4.69, 9.17) is 5.73 Å². The molecule has 108 valence electrons. The molecule has 0 saturated heterocycles. The number of hydrogen-bond acceptors (Lipinski definition) is 3. The topological polar surface area (TPSA) is 29.3 Å². The van der Waals surface area contributed by atoms with Gasteiger partial charge in [0.25, 0.3) is 0 Å². The molecule has 0 bridgehead atoms. The second-order valence-electron chi connectivity index (χ2n) is 4.97. The van der Waals surface area contributed by atoms with Gasteiger partial charge >= 0.3 is 0 Å². The fraction of sp³-hybridized carbons (Fsp3) is 0.375. The Kier molecular flexibility index (Phi) is 5.78. The Morgan fingerprint density at radius 1 is 1.25 bits per heavy atom. The second kappa shape index (κ2) is 7.36. The summed E-state index contributed by atoms with van der Waals surface area (Å²) in [5.41, 5.74) is 7.55. The molecule has 0 fully saturated rings. The minimum Gasteiger partial charge on any atom is -0.326 e. The summed E-state index contributed by atoms with van der Waals surface area (Å²) in [5.74, 6) is 0. The lowest BCUT2D eigenvalue weighted by Crippen LogP contribution is -2.39. The Morgan fingerprint density at radius 3 is 2.55 bits per heavy atom. The van der Waals surface area contributed by atoms with Crippen LogP contribution in [0.4, 0.5) is 0 Å². The van der Waals surface area contributed by atoms with Crippen molar-refractivity contribution in [2.75, 3.05) is 6.54 Å². The summed E-state index contributed by atoms with van der Waals surface area (Å²) in [6.07, 6.45) is 0. The summed E-state index contributed by atoms with van der Waals surface area (Å²) in [6, 6.07) is 13.0. The zero-order valence-corrected chi connectivity index (χ0v) is 14.3. The van der Waals surface area contributed by atoms with Crippen LogP contribution < -0.4 is 5.73 Å². The van der Waals surface area contributed by atoms with E-state index in [0.29, 0.717) is 0 Å². The van der Waals surface area contributed by atoms with Gasteiger partial charge in [-0.2, -0.15) is 0 Å². The average Bonchev–Trinajstić information content (AvgIpc) is 2.92. The van der Waals surface area contributed by atoms with Crippen LogP contribution in [0.25, 0.3) is 0 Å². The molecule has 0 radical (unpaired) electrons. The molecule has 0 saturated carbocycles. The lowest BCUT2D eigenvalue weighted by molar-refractivity contribution is 0.178. The summed E-state index contributed by atoms with van der Waals surface area (Å²) in [4.78, 5) is 3.82. The predicted octanol–water partition coefficient (Wildman–Crippen LogP) is 4.42. The van der Waals surface area contributed by atoms with Crippen LogP contribution in [0.15, 0.2) is 46.3 Å². The molecule has 4 heteroatoms. The number of likely N-dealkylation sites (N-methyl/N-ethyl adjacent to an activating group) is 1. The molecular weight excluding hydrogens is 332 g/mol. The number of nitrogens with zero attached hydrogens (tertiary/aromatic N) is 1. The first kappa shape index (κ1) is 15.7. The lowest BCUT2D eigenvalue weighted by atomic mass is 9.99. The zero-order valence-electron chi connectivity index (χ0n) is 11.9. The quantitative estimate of drug-likeness (QED) is 0.833. The first-order valence-electron chi connectivity index (χ1n) is 6.90. The van der Waals surface area contributed by atoms with Crippen molar-refractivity contribution in [1.29, 1.82) is 0 Å². The monoisotopic (exact) mass is 352 g/mol. The summed E-state index contributed by atoms with van der Waals surface area (Å²) < 4.78 is 1.13. The van der Waals surface area contributed by atoms with Crippen LogP contribution in [-0.2, 0) is 6.54 Å². The normalized spacial score (nSPS) is 14.4. The van der Waals surface area contributed by atoms with E-state index in [2.05, 4.69) is 70.4 Å². The van der Waals surface area contributed by atoms with Gasteiger partial charge in [0.1, 0.15) is 0 Å². The maximum absolute atomic E-state index is 6.28. The van der Waals surface area contributed by atoms with Gasteiger partial charge in [0.05, 0.1) is 6.04 Å². The summed E-state index contributed by atoms with van der Waals surface area (Å²) >= 11 is 5.46. The molecule has 20 heavy (non-hydrogen) atoms. The number of halogens is 1. The van der Waals surface area contributed by atoms with Crippen molar-refractivity contribution in [3.8, 4) is 0 Å². The van der Waals surface area contributed by atoms with Crippen LogP contribution in [0.5, 0.6) is 0 Å². The maximum Gasteiger partial charge on any atom is 0.0511 e. The van der Waals surface area contributed by atoms with Gasteiger partial charge in [-0.15, -0.1) is 11.3 Å². The van der Waals surface area contributed by atoms with E-state index < -0.39 is 0 Å². The van der Waals surface area contributed by atoms with Crippen molar-refractivity contribution in [2.45, 2.75) is 32.5 Å². The number of rotatable bonds is 6. The Labute approximate surface area is 133 Å². The molecular formula is C16H21BrN2S. The molecule has 0 aliphatic carbocycles.